The summed E-state index contributed by atoms with van der Waals surface area (Å²) >= 11 is 0. The van der Waals surface area contributed by atoms with Gasteiger partial charge >= 0.3 is 5.97 Å². The number of nitrogens with one attached hydrogen (secondary N) is 1. The maximum absolute atomic E-state index is 12.0. The average Bonchev–Trinajstić information content (AvgIpc) is 2.65. The summed E-state index contributed by atoms with van der Waals surface area (Å²) in [5, 5.41) is 12.6. The Kier molecular flexibility index (Phi) is 7.42. The average molecular weight is 403 g/mol. The van der Waals surface area contributed by atoms with Crippen molar-refractivity contribution in [3.8, 4) is 0 Å². The molecule has 2 N–H and O–H groups in total. The number of sulfonamides is 1. The van der Waals surface area contributed by atoms with E-state index in [1.807, 2.05) is 30.3 Å². The molecule has 0 heterocycles. The van der Waals surface area contributed by atoms with Gasteiger partial charge in [0.25, 0.3) is 5.91 Å². The molecule has 0 aliphatic heterocycles. The zero-order chi connectivity index (χ0) is 20.6. The first-order valence-corrected chi connectivity index (χ1v) is 10.2. The van der Waals surface area contributed by atoms with Crippen molar-refractivity contribution < 1.29 is 23.1 Å². The Morgan fingerprint density at radius 1 is 1.11 bits per heavy atom. The van der Waals surface area contributed by atoms with Crippen LogP contribution >= 0.6 is 0 Å². The Hall–Kier alpha value is -3.04. The number of hydrogen-bond acceptors (Lipinski definition) is 5. The minimum atomic E-state index is -3.56. The fourth-order valence-corrected chi connectivity index (χ4v) is 3.12. The normalized spacial score (nSPS) is 11.6. The van der Waals surface area contributed by atoms with E-state index in [4.69, 9.17) is 5.11 Å². The summed E-state index contributed by atoms with van der Waals surface area (Å²) < 4.78 is 24.9. The number of carbonyl (C=O) groups excluding carboxylic acids is 1. The Labute approximate surface area is 163 Å². The second-order valence-electron chi connectivity index (χ2n) is 6.05. The number of amides is 1. The molecule has 148 valence electrons. The third-order valence-electron chi connectivity index (χ3n) is 3.84. The molecule has 8 nitrogen and oxygen atoms in total. The number of aromatic carboxylic acids is 1. The maximum atomic E-state index is 12.0. The van der Waals surface area contributed by atoms with E-state index in [0.29, 0.717) is 12.0 Å². The van der Waals surface area contributed by atoms with Crippen molar-refractivity contribution in [2.45, 2.75) is 6.42 Å². The first kappa shape index (κ1) is 21.3. The largest absolute Gasteiger partial charge is 0.478 e. The molecule has 0 fully saturated rings. The summed E-state index contributed by atoms with van der Waals surface area (Å²) in [6.07, 6.45) is 2.89. The third kappa shape index (κ3) is 6.93. The highest BCUT2D eigenvalue weighted by Crippen LogP contribution is 2.05. The SMILES string of the molecule is CS(=O)(=O)N(CCc1ccccc1)CC(=O)N/N=C/c1ccc(C(=O)O)cc1. The van der Waals surface area contributed by atoms with E-state index >= 15 is 0 Å². The molecule has 0 bridgehead atoms. The van der Waals surface area contributed by atoms with E-state index in [9.17, 15) is 18.0 Å². The molecule has 0 saturated heterocycles. The summed E-state index contributed by atoms with van der Waals surface area (Å²) in [6.45, 7) is -0.169. The van der Waals surface area contributed by atoms with Crippen LogP contribution in [0.2, 0.25) is 0 Å². The van der Waals surface area contributed by atoms with E-state index in [1.165, 1.54) is 18.3 Å². The van der Waals surface area contributed by atoms with E-state index in [0.717, 1.165) is 16.1 Å². The van der Waals surface area contributed by atoms with E-state index in [-0.39, 0.29) is 18.7 Å². The minimum Gasteiger partial charge on any atom is -0.478 e. The quantitative estimate of drug-likeness (QED) is 0.484. The molecule has 0 saturated carbocycles. The lowest BCUT2D eigenvalue weighted by molar-refractivity contribution is -0.121. The molecule has 0 aliphatic rings. The van der Waals surface area contributed by atoms with Gasteiger partial charge in [0.05, 0.1) is 24.6 Å². The topological polar surface area (TPSA) is 116 Å². The number of hydrazone groups is 1. The number of carboxylic acids is 1. The molecule has 0 spiro atoms. The van der Waals surface area contributed by atoms with Gasteiger partial charge in [-0.1, -0.05) is 42.5 Å². The van der Waals surface area contributed by atoms with Gasteiger partial charge in [0.2, 0.25) is 10.0 Å². The minimum absolute atomic E-state index is 0.142. The zero-order valence-electron chi connectivity index (χ0n) is 15.3. The summed E-state index contributed by atoms with van der Waals surface area (Å²) in [5.41, 5.74) is 3.98. The van der Waals surface area contributed by atoms with Crippen LogP contribution in [0.25, 0.3) is 0 Å². The molecule has 2 rings (SSSR count). The molecule has 2 aromatic rings. The predicted molar refractivity (Wildman–Crippen MR) is 106 cm³/mol. The number of rotatable bonds is 9. The van der Waals surface area contributed by atoms with Crippen molar-refractivity contribution in [1.29, 1.82) is 0 Å². The molecule has 0 atom stereocenters. The lowest BCUT2D eigenvalue weighted by Gasteiger charge is -2.18. The molecule has 2 aromatic carbocycles. The van der Waals surface area contributed by atoms with Crippen molar-refractivity contribution in [2.24, 2.45) is 5.10 Å². The molecule has 0 aromatic heterocycles. The highest BCUT2D eigenvalue weighted by Gasteiger charge is 2.19. The van der Waals surface area contributed by atoms with Gasteiger partial charge in [-0.3, -0.25) is 4.79 Å². The van der Waals surface area contributed by atoms with Crippen LogP contribution < -0.4 is 5.43 Å². The molecule has 9 heteroatoms. The molecule has 0 aliphatic carbocycles. The standard InChI is InChI=1S/C19H21N3O5S/c1-28(26,27)22(12-11-15-5-3-2-4-6-15)14-18(23)21-20-13-16-7-9-17(10-8-16)19(24)25/h2-10,13H,11-12,14H2,1H3,(H,21,23)(H,24,25)/b20-13+. The fourth-order valence-electron chi connectivity index (χ4n) is 2.35. The number of carbonyl (C=O) groups is 2. The molecular weight excluding hydrogens is 382 g/mol. The van der Waals surface area contributed by atoms with Crippen LogP contribution in [0, 0.1) is 0 Å². The molecular formula is C19H21N3O5S. The van der Waals surface area contributed by atoms with Gasteiger partial charge in [-0.15, -0.1) is 0 Å². The highest BCUT2D eigenvalue weighted by molar-refractivity contribution is 7.88. The second-order valence-corrected chi connectivity index (χ2v) is 8.03. The Balaban J connectivity index is 1.91. The first-order chi connectivity index (χ1) is 13.3. The third-order valence-corrected chi connectivity index (χ3v) is 5.09. The van der Waals surface area contributed by atoms with Crippen molar-refractivity contribution in [3.63, 3.8) is 0 Å². The lowest BCUT2D eigenvalue weighted by Crippen LogP contribution is -2.40. The Bertz CT molecular complexity index is 941. The summed E-state index contributed by atoms with van der Waals surface area (Å²) in [4.78, 5) is 22.8. The Morgan fingerprint density at radius 2 is 1.75 bits per heavy atom. The van der Waals surface area contributed by atoms with Crippen LogP contribution in [0.15, 0.2) is 59.7 Å². The monoisotopic (exact) mass is 403 g/mol. The van der Waals surface area contributed by atoms with E-state index < -0.39 is 21.9 Å². The van der Waals surface area contributed by atoms with Crippen LogP contribution in [0.4, 0.5) is 0 Å². The lowest BCUT2D eigenvalue weighted by atomic mass is 10.1. The van der Waals surface area contributed by atoms with Crippen molar-refractivity contribution in [1.82, 2.24) is 9.73 Å². The number of nitrogens with zero attached hydrogens (tertiary/aromatic N) is 2. The number of carboxylic acid groups (broad SMARTS) is 1. The van der Waals surface area contributed by atoms with Gasteiger partial charge in [0, 0.05) is 6.54 Å². The summed E-state index contributed by atoms with van der Waals surface area (Å²) in [5.74, 6) is -1.61. The smallest absolute Gasteiger partial charge is 0.335 e. The highest BCUT2D eigenvalue weighted by atomic mass is 32.2. The van der Waals surface area contributed by atoms with Crippen LogP contribution in [0.5, 0.6) is 0 Å². The van der Waals surface area contributed by atoms with Crippen LogP contribution in [0.1, 0.15) is 21.5 Å². The summed E-state index contributed by atoms with van der Waals surface area (Å²) in [6, 6.07) is 15.3. The van der Waals surface area contributed by atoms with Crippen molar-refractivity contribution in [3.05, 3.63) is 71.3 Å². The van der Waals surface area contributed by atoms with Gasteiger partial charge in [-0.25, -0.2) is 18.6 Å². The summed E-state index contributed by atoms with van der Waals surface area (Å²) in [7, 11) is -3.56. The molecule has 28 heavy (non-hydrogen) atoms. The van der Waals surface area contributed by atoms with Crippen LogP contribution in [-0.4, -0.2) is 55.3 Å². The second kappa shape index (κ2) is 9.77. The fraction of sp³-hybridized carbons (Fsp3) is 0.211. The molecule has 0 unspecified atom stereocenters. The van der Waals surface area contributed by atoms with Gasteiger partial charge in [0.1, 0.15) is 0 Å². The first-order valence-electron chi connectivity index (χ1n) is 8.40. The van der Waals surface area contributed by atoms with E-state index in [2.05, 4.69) is 10.5 Å². The van der Waals surface area contributed by atoms with Gasteiger partial charge in [-0.2, -0.15) is 9.41 Å². The van der Waals surface area contributed by atoms with Crippen LogP contribution in [0.3, 0.4) is 0 Å². The predicted octanol–water partition coefficient (Wildman–Crippen LogP) is 1.34. The van der Waals surface area contributed by atoms with Crippen molar-refractivity contribution >= 4 is 28.1 Å². The van der Waals surface area contributed by atoms with Crippen LogP contribution in [-0.2, 0) is 21.2 Å². The van der Waals surface area contributed by atoms with Crippen molar-refractivity contribution in [2.75, 3.05) is 19.3 Å². The molecule has 1 amide bonds. The van der Waals surface area contributed by atoms with E-state index in [1.54, 1.807) is 12.1 Å². The van der Waals surface area contributed by atoms with Gasteiger partial charge in [-0.05, 0) is 29.7 Å². The molecule has 0 radical (unpaired) electrons. The maximum Gasteiger partial charge on any atom is 0.335 e. The van der Waals surface area contributed by atoms with Gasteiger partial charge in [0.15, 0.2) is 0 Å². The zero-order valence-corrected chi connectivity index (χ0v) is 16.1. The Morgan fingerprint density at radius 3 is 2.32 bits per heavy atom. The number of benzene rings is 2. The number of hydrogen-bond donors (Lipinski definition) is 2. The van der Waals surface area contributed by atoms with Gasteiger partial charge < -0.3 is 5.11 Å².